The molecule has 0 aliphatic heterocycles. The topological polar surface area (TPSA) is 81.4 Å². The van der Waals surface area contributed by atoms with Crippen LogP contribution in [0.3, 0.4) is 0 Å². The fourth-order valence-electron chi connectivity index (χ4n) is 2.19. The lowest BCUT2D eigenvalue weighted by Gasteiger charge is -2.15. The van der Waals surface area contributed by atoms with Crippen molar-refractivity contribution < 1.29 is 18.7 Å². The van der Waals surface area contributed by atoms with Crippen molar-refractivity contribution in [1.29, 1.82) is 0 Å². The molecule has 0 aromatic heterocycles. The summed E-state index contributed by atoms with van der Waals surface area (Å²) in [7, 11) is 0. The van der Waals surface area contributed by atoms with Crippen molar-refractivity contribution >= 4 is 11.8 Å². The largest absolute Gasteiger partial charge is 0.368 e. The van der Waals surface area contributed by atoms with Gasteiger partial charge in [-0.25, -0.2) is 4.39 Å². The van der Waals surface area contributed by atoms with E-state index in [4.69, 9.17) is 10.5 Å². The lowest BCUT2D eigenvalue weighted by Crippen LogP contribution is -2.47. The minimum Gasteiger partial charge on any atom is -0.368 e. The Kier molecular flexibility index (Phi) is 6.45. The molecule has 3 N–H and O–H groups in total. The predicted octanol–water partition coefficient (Wildman–Crippen LogP) is 1.56. The standard InChI is InChI=1S/C18H19FN2O3/c19-15-8-4-7-14(9-15)10-16(18(20)23)21-17(22)12-24-11-13-5-2-1-3-6-13/h1-9,16H,10-12H2,(H2,20,23)(H,21,22)/t16-/m0/s1. The number of carbonyl (C=O) groups is 2. The van der Waals surface area contributed by atoms with Gasteiger partial charge in [-0.3, -0.25) is 9.59 Å². The van der Waals surface area contributed by atoms with E-state index in [1.54, 1.807) is 6.07 Å². The highest BCUT2D eigenvalue weighted by atomic mass is 19.1. The highest BCUT2D eigenvalue weighted by Crippen LogP contribution is 2.07. The molecule has 0 saturated heterocycles. The summed E-state index contributed by atoms with van der Waals surface area (Å²) in [4.78, 5) is 23.4. The molecule has 0 saturated carbocycles. The summed E-state index contributed by atoms with van der Waals surface area (Å²) < 4.78 is 18.5. The van der Waals surface area contributed by atoms with Crippen molar-refractivity contribution in [1.82, 2.24) is 5.32 Å². The van der Waals surface area contributed by atoms with Crippen LogP contribution >= 0.6 is 0 Å². The average Bonchev–Trinajstić information content (AvgIpc) is 2.55. The molecule has 0 radical (unpaired) electrons. The summed E-state index contributed by atoms with van der Waals surface area (Å²) in [5, 5.41) is 2.51. The number of nitrogens with two attached hydrogens (primary N) is 1. The van der Waals surface area contributed by atoms with Gasteiger partial charge in [0.15, 0.2) is 0 Å². The Labute approximate surface area is 139 Å². The first-order chi connectivity index (χ1) is 11.5. The highest BCUT2D eigenvalue weighted by molar-refractivity contribution is 5.87. The fraction of sp³-hybridized carbons (Fsp3) is 0.222. The summed E-state index contributed by atoms with van der Waals surface area (Å²) in [5.41, 5.74) is 6.82. The monoisotopic (exact) mass is 330 g/mol. The van der Waals surface area contributed by atoms with Gasteiger partial charge in [0, 0.05) is 6.42 Å². The minimum absolute atomic E-state index is 0.123. The van der Waals surface area contributed by atoms with Crippen LogP contribution in [-0.4, -0.2) is 24.5 Å². The number of carbonyl (C=O) groups excluding carboxylic acids is 2. The molecule has 24 heavy (non-hydrogen) atoms. The molecule has 5 nitrogen and oxygen atoms in total. The van der Waals surface area contributed by atoms with Gasteiger partial charge in [0.05, 0.1) is 6.61 Å². The van der Waals surface area contributed by atoms with Crippen LogP contribution in [0.5, 0.6) is 0 Å². The quantitative estimate of drug-likeness (QED) is 0.770. The van der Waals surface area contributed by atoms with Crippen LogP contribution in [0.1, 0.15) is 11.1 Å². The molecule has 126 valence electrons. The van der Waals surface area contributed by atoms with E-state index in [2.05, 4.69) is 5.32 Å². The van der Waals surface area contributed by atoms with Crippen molar-refractivity contribution in [3.8, 4) is 0 Å². The number of ether oxygens (including phenoxy) is 1. The van der Waals surface area contributed by atoms with E-state index >= 15 is 0 Å². The van der Waals surface area contributed by atoms with Gasteiger partial charge < -0.3 is 15.8 Å². The van der Waals surface area contributed by atoms with Gasteiger partial charge in [0.2, 0.25) is 11.8 Å². The molecule has 0 unspecified atom stereocenters. The van der Waals surface area contributed by atoms with Crippen molar-refractivity contribution in [3.63, 3.8) is 0 Å². The average molecular weight is 330 g/mol. The molecule has 0 aliphatic carbocycles. The Hall–Kier alpha value is -2.73. The Balaban J connectivity index is 1.83. The van der Waals surface area contributed by atoms with E-state index in [1.165, 1.54) is 18.2 Å². The van der Waals surface area contributed by atoms with E-state index in [0.29, 0.717) is 12.2 Å². The molecule has 6 heteroatoms. The van der Waals surface area contributed by atoms with E-state index < -0.39 is 23.7 Å². The molecule has 2 rings (SSSR count). The maximum atomic E-state index is 13.2. The van der Waals surface area contributed by atoms with Gasteiger partial charge >= 0.3 is 0 Å². The zero-order chi connectivity index (χ0) is 17.4. The van der Waals surface area contributed by atoms with Gasteiger partial charge in [0.1, 0.15) is 18.5 Å². The molecule has 2 amide bonds. The van der Waals surface area contributed by atoms with Crippen LogP contribution in [-0.2, 0) is 27.4 Å². The number of benzene rings is 2. The van der Waals surface area contributed by atoms with E-state index in [9.17, 15) is 14.0 Å². The second-order valence-corrected chi connectivity index (χ2v) is 5.33. The molecule has 2 aromatic carbocycles. The first-order valence-corrected chi connectivity index (χ1v) is 7.49. The molecule has 0 heterocycles. The second kappa shape index (κ2) is 8.79. The van der Waals surface area contributed by atoms with Crippen molar-refractivity contribution in [2.45, 2.75) is 19.1 Å². The number of amides is 2. The fourth-order valence-corrected chi connectivity index (χ4v) is 2.19. The summed E-state index contributed by atoms with van der Waals surface area (Å²) in [6.45, 7) is 0.0984. The van der Waals surface area contributed by atoms with Gasteiger partial charge in [-0.05, 0) is 23.3 Å². The third kappa shape index (κ3) is 5.81. The molecule has 0 spiro atoms. The Morgan fingerprint density at radius 2 is 1.79 bits per heavy atom. The molecular weight excluding hydrogens is 311 g/mol. The Bertz CT molecular complexity index is 692. The summed E-state index contributed by atoms with van der Waals surface area (Å²) in [6, 6.07) is 14.3. The minimum atomic E-state index is -0.917. The van der Waals surface area contributed by atoms with Gasteiger partial charge in [0.25, 0.3) is 0 Å². The highest BCUT2D eigenvalue weighted by Gasteiger charge is 2.18. The molecule has 0 aliphatic rings. The normalized spacial score (nSPS) is 11.7. The Morgan fingerprint density at radius 1 is 1.08 bits per heavy atom. The first kappa shape index (κ1) is 17.6. The van der Waals surface area contributed by atoms with E-state index in [1.807, 2.05) is 30.3 Å². The molecule has 0 fully saturated rings. The predicted molar refractivity (Wildman–Crippen MR) is 87.3 cm³/mol. The maximum absolute atomic E-state index is 13.2. The van der Waals surface area contributed by atoms with Crippen molar-refractivity contribution in [2.24, 2.45) is 5.73 Å². The number of halogens is 1. The second-order valence-electron chi connectivity index (χ2n) is 5.33. The molecule has 0 bridgehead atoms. The number of nitrogens with one attached hydrogen (secondary N) is 1. The van der Waals surface area contributed by atoms with Crippen LogP contribution < -0.4 is 11.1 Å². The lowest BCUT2D eigenvalue weighted by molar-refractivity contribution is -0.130. The summed E-state index contributed by atoms with van der Waals surface area (Å²) in [6.07, 6.45) is 0.123. The SMILES string of the molecule is NC(=O)[C@H](Cc1cccc(F)c1)NC(=O)COCc1ccccc1. The zero-order valence-electron chi connectivity index (χ0n) is 13.1. The van der Waals surface area contributed by atoms with Crippen molar-refractivity contribution in [3.05, 3.63) is 71.5 Å². The van der Waals surface area contributed by atoms with Crippen molar-refractivity contribution in [2.75, 3.05) is 6.61 Å². The summed E-state index contributed by atoms with van der Waals surface area (Å²) in [5.74, 6) is -1.55. The van der Waals surface area contributed by atoms with Gasteiger partial charge in [-0.15, -0.1) is 0 Å². The van der Waals surface area contributed by atoms with Crippen LogP contribution in [0.15, 0.2) is 54.6 Å². The van der Waals surface area contributed by atoms with Crippen LogP contribution in [0, 0.1) is 5.82 Å². The summed E-state index contributed by atoms with van der Waals surface area (Å²) >= 11 is 0. The number of primary amides is 1. The lowest BCUT2D eigenvalue weighted by atomic mass is 10.1. The first-order valence-electron chi connectivity index (χ1n) is 7.49. The number of rotatable bonds is 8. The van der Waals surface area contributed by atoms with Crippen LogP contribution in [0.4, 0.5) is 4.39 Å². The zero-order valence-corrected chi connectivity index (χ0v) is 13.1. The van der Waals surface area contributed by atoms with Gasteiger partial charge in [-0.1, -0.05) is 42.5 Å². The molecule has 1 atom stereocenters. The molecular formula is C18H19FN2O3. The number of hydrogen-bond acceptors (Lipinski definition) is 3. The van der Waals surface area contributed by atoms with E-state index in [-0.39, 0.29) is 13.0 Å². The maximum Gasteiger partial charge on any atom is 0.246 e. The van der Waals surface area contributed by atoms with Gasteiger partial charge in [-0.2, -0.15) is 0 Å². The van der Waals surface area contributed by atoms with Crippen LogP contribution in [0.25, 0.3) is 0 Å². The third-order valence-corrected chi connectivity index (χ3v) is 3.35. The number of hydrogen-bond donors (Lipinski definition) is 2. The Morgan fingerprint density at radius 3 is 2.46 bits per heavy atom. The molecule has 2 aromatic rings. The third-order valence-electron chi connectivity index (χ3n) is 3.35. The van der Waals surface area contributed by atoms with Crippen LogP contribution in [0.2, 0.25) is 0 Å². The van der Waals surface area contributed by atoms with E-state index in [0.717, 1.165) is 5.56 Å². The smallest absolute Gasteiger partial charge is 0.246 e.